The van der Waals surface area contributed by atoms with Gasteiger partial charge in [0, 0.05) is 13.1 Å². The predicted octanol–water partition coefficient (Wildman–Crippen LogP) is -0.170. The summed E-state index contributed by atoms with van der Waals surface area (Å²) >= 11 is 1.33. The van der Waals surface area contributed by atoms with Crippen LogP contribution in [0.1, 0.15) is 12.5 Å². The van der Waals surface area contributed by atoms with E-state index in [2.05, 4.69) is 15.6 Å². The highest BCUT2D eigenvalue weighted by atomic mass is 32.2. The largest absolute Gasteiger partial charge is 0.388 e. The number of aliphatic hydroxyl groups is 2. The minimum Gasteiger partial charge on any atom is -0.388 e. The van der Waals surface area contributed by atoms with Crippen LogP contribution in [0.4, 0.5) is 0 Å². The van der Waals surface area contributed by atoms with Crippen molar-refractivity contribution in [3.8, 4) is 0 Å². The maximum atomic E-state index is 12.4. The van der Waals surface area contributed by atoms with Crippen molar-refractivity contribution < 1.29 is 19.7 Å². The monoisotopic (exact) mass is 351 g/mol. The molecule has 0 bridgehead atoms. The zero-order valence-corrected chi connectivity index (χ0v) is 14.1. The summed E-state index contributed by atoms with van der Waals surface area (Å²) in [5.41, 5.74) is 0.491. The Morgan fingerprint density at radius 3 is 2.79 bits per heavy atom. The van der Waals surface area contributed by atoms with E-state index in [1.54, 1.807) is 0 Å². The lowest BCUT2D eigenvalue weighted by molar-refractivity contribution is -0.173. The first-order chi connectivity index (χ1) is 11.6. The molecule has 5 atom stereocenters. The number of nitrogens with zero attached hydrogens (tertiary/aromatic N) is 1. The second-order valence-electron chi connectivity index (χ2n) is 5.68. The number of thioether (sulfide) groups is 1. The Balaban J connectivity index is 1.63. The van der Waals surface area contributed by atoms with Gasteiger partial charge in [0.25, 0.3) is 5.91 Å². The molecule has 24 heavy (non-hydrogen) atoms. The van der Waals surface area contributed by atoms with Crippen molar-refractivity contribution in [2.24, 2.45) is 4.99 Å². The van der Waals surface area contributed by atoms with E-state index < -0.39 is 35.7 Å². The molecule has 2 heterocycles. The molecule has 0 saturated carbocycles. The van der Waals surface area contributed by atoms with Crippen LogP contribution in [0.2, 0.25) is 0 Å². The molecule has 1 aromatic carbocycles. The number of aliphatic hydroxyl groups excluding tert-OH is 2. The van der Waals surface area contributed by atoms with Gasteiger partial charge >= 0.3 is 0 Å². The number of carbonyl (C=O) groups excluding carboxylic acids is 1. The van der Waals surface area contributed by atoms with E-state index in [1.807, 2.05) is 37.3 Å². The number of amides is 1. The third kappa shape index (κ3) is 3.56. The van der Waals surface area contributed by atoms with Crippen molar-refractivity contribution in [3.05, 3.63) is 35.9 Å². The summed E-state index contributed by atoms with van der Waals surface area (Å²) < 4.78 is 5.72. The number of fused-ring (bicyclic) bond motifs is 1. The average Bonchev–Trinajstić information content (AvgIpc) is 3.00. The van der Waals surface area contributed by atoms with Crippen LogP contribution in [0.15, 0.2) is 35.3 Å². The van der Waals surface area contributed by atoms with Crippen LogP contribution in [0.5, 0.6) is 0 Å². The minimum absolute atomic E-state index is 0.338. The predicted molar refractivity (Wildman–Crippen MR) is 91.5 cm³/mol. The van der Waals surface area contributed by atoms with Gasteiger partial charge < -0.3 is 25.6 Å². The van der Waals surface area contributed by atoms with E-state index in [0.717, 1.165) is 5.56 Å². The summed E-state index contributed by atoms with van der Waals surface area (Å²) in [5.74, 6) is -0.440. The molecule has 8 heteroatoms. The van der Waals surface area contributed by atoms with Gasteiger partial charge in [0.1, 0.15) is 17.6 Å². The van der Waals surface area contributed by atoms with E-state index in [9.17, 15) is 15.0 Å². The summed E-state index contributed by atoms with van der Waals surface area (Å²) in [4.78, 5) is 16.6. The van der Waals surface area contributed by atoms with Crippen molar-refractivity contribution in [1.29, 1.82) is 0 Å². The fourth-order valence-electron chi connectivity index (χ4n) is 2.73. The first-order valence-corrected chi connectivity index (χ1v) is 8.79. The van der Waals surface area contributed by atoms with Gasteiger partial charge in [-0.15, -0.1) is 0 Å². The second-order valence-corrected chi connectivity index (χ2v) is 6.76. The smallest absolute Gasteiger partial charge is 0.252 e. The molecule has 7 nitrogen and oxygen atoms in total. The van der Waals surface area contributed by atoms with Gasteiger partial charge in [0.05, 0.1) is 6.04 Å². The highest BCUT2D eigenvalue weighted by Gasteiger charge is 2.51. The first kappa shape index (κ1) is 17.2. The molecule has 130 valence electrons. The molecule has 2 saturated heterocycles. The molecule has 2 fully saturated rings. The van der Waals surface area contributed by atoms with Crippen molar-refractivity contribution in [1.82, 2.24) is 10.6 Å². The molecule has 0 aromatic heterocycles. The summed E-state index contributed by atoms with van der Waals surface area (Å²) in [5, 5.41) is 27.0. The van der Waals surface area contributed by atoms with Crippen LogP contribution in [0.25, 0.3) is 0 Å². The molecule has 1 aromatic rings. The Kier molecular flexibility index (Phi) is 5.40. The van der Waals surface area contributed by atoms with Crippen LogP contribution in [0, 0.1) is 0 Å². The molecule has 2 aliphatic rings. The van der Waals surface area contributed by atoms with Gasteiger partial charge in [-0.05, 0) is 12.5 Å². The number of nitrogens with one attached hydrogen (secondary N) is 2. The van der Waals surface area contributed by atoms with Gasteiger partial charge in [-0.25, -0.2) is 0 Å². The maximum absolute atomic E-state index is 12.4. The molecule has 0 aliphatic carbocycles. The lowest BCUT2D eigenvalue weighted by Crippen LogP contribution is -2.62. The SMILES string of the molecule is CCN=C1NC2C(OC(C(=O)NCc3ccccc3)C(O)C2O)S1. The topological polar surface area (TPSA) is 103 Å². The van der Waals surface area contributed by atoms with Crippen molar-refractivity contribution >= 4 is 22.8 Å². The second kappa shape index (κ2) is 7.52. The Bertz CT molecular complexity index is 613. The summed E-state index contributed by atoms with van der Waals surface area (Å²) in [6.07, 6.45) is -3.51. The van der Waals surface area contributed by atoms with Crippen LogP contribution in [-0.2, 0) is 16.1 Å². The van der Waals surface area contributed by atoms with E-state index in [1.165, 1.54) is 11.8 Å². The molecule has 4 N–H and O–H groups in total. The van der Waals surface area contributed by atoms with Crippen LogP contribution < -0.4 is 10.6 Å². The fraction of sp³-hybridized carbons (Fsp3) is 0.500. The zero-order valence-electron chi connectivity index (χ0n) is 13.3. The van der Waals surface area contributed by atoms with E-state index in [4.69, 9.17) is 4.74 Å². The van der Waals surface area contributed by atoms with Gasteiger partial charge in [-0.1, -0.05) is 42.1 Å². The molecular formula is C16H21N3O4S. The van der Waals surface area contributed by atoms with Crippen molar-refractivity contribution in [2.75, 3.05) is 6.54 Å². The molecule has 1 amide bonds. The minimum atomic E-state index is -1.30. The highest BCUT2D eigenvalue weighted by molar-refractivity contribution is 8.14. The number of amidine groups is 1. The zero-order chi connectivity index (χ0) is 17.1. The summed E-state index contributed by atoms with van der Waals surface area (Å²) in [7, 11) is 0. The Hall–Kier alpha value is -1.61. The number of benzene rings is 1. The number of hydrogen-bond donors (Lipinski definition) is 4. The van der Waals surface area contributed by atoms with Crippen molar-refractivity contribution in [3.63, 3.8) is 0 Å². The number of ether oxygens (including phenoxy) is 1. The molecule has 3 rings (SSSR count). The lowest BCUT2D eigenvalue weighted by Gasteiger charge is -2.38. The molecule has 0 radical (unpaired) electrons. The number of rotatable bonds is 4. The Labute approximate surface area is 144 Å². The van der Waals surface area contributed by atoms with E-state index >= 15 is 0 Å². The standard InChI is InChI=1S/C16H21N3O4S/c1-2-17-16-19-10-11(20)12(21)13(23-15(10)24-16)14(22)18-8-9-6-4-3-5-7-9/h3-7,10-13,15,20-21H,2,8H2,1H3,(H,17,19)(H,18,22). The van der Waals surface area contributed by atoms with Crippen molar-refractivity contribution in [2.45, 2.75) is 43.3 Å². The average molecular weight is 351 g/mol. The Morgan fingerprint density at radius 1 is 1.33 bits per heavy atom. The lowest BCUT2D eigenvalue weighted by atomic mass is 9.97. The first-order valence-electron chi connectivity index (χ1n) is 7.91. The van der Waals surface area contributed by atoms with Crippen LogP contribution >= 0.6 is 11.8 Å². The molecule has 5 unspecified atom stereocenters. The van der Waals surface area contributed by atoms with Crippen LogP contribution in [0.3, 0.4) is 0 Å². The molecule has 0 spiro atoms. The van der Waals surface area contributed by atoms with Crippen LogP contribution in [-0.4, -0.2) is 57.6 Å². The fourth-order valence-corrected chi connectivity index (χ4v) is 3.91. The van der Waals surface area contributed by atoms with Gasteiger partial charge in [-0.2, -0.15) is 0 Å². The molecule has 2 aliphatic heterocycles. The maximum Gasteiger partial charge on any atom is 0.252 e. The third-order valence-electron chi connectivity index (χ3n) is 3.99. The molecular weight excluding hydrogens is 330 g/mol. The summed E-state index contributed by atoms with van der Waals surface area (Å²) in [6.45, 7) is 2.85. The van der Waals surface area contributed by atoms with Gasteiger partial charge in [0.2, 0.25) is 0 Å². The Morgan fingerprint density at radius 2 is 2.08 bits per heavy atom. The quantitative estimate of drug-likeness (QED) is 0.601. The highest BCUT2D eigenvalue weighted by Crippen LogP contribution is 2.34. The number of carbonyl (C=O) groups is 1. The number of aliphatic imine (C=N–C) groups is 1. The van der Waals surface area contributed by atoms with Gasteiger partial charge in [-0.3, -0.25) is 9.79 Å². The van der Waals surface area contributed by atoms with E-state index in [-0.39, 0.29) is 0 Å². The number of hydrogen-bond acceptors (Lipinski definition) is 6. The van der Waals surface area contributed by atoms with E-state index in [0.29, 0.717) is 18.3 Å². The normalized spacial score (nSPS) is 33.8. The third-order valence-corrected chi connectivity index (χ3v) is 5.10. The summed E-state index contributed by atoms with van der Waals surface area (Å²) in [6, 6.07) is 8.99. The van der Waals surface area contributed by atoms with Gasteiger partial charge in [0.15, 0.2) is 11.3 Å².